The highest BCUT2D eigenvalue weighted by molar-refractivity contribution is 7.92. The van der Waals surface area contributed by atoms with Crippen LogP contribution in [-0.4, -0.2) is 44.7 Å². The summed E-state index contributed by atoms with van der Waals surface area (Å²) in [4.78, 5) is 13.1. The first-order valence-electron chi connectivity index (χ1n) is 15.0. The number of nitrogens with one attached hydrogen (secondary N) is 1. The first kappa shape index (κ1) is 34.0. The van der Waals surface area contributed by atoms with Crippen molar-refractivity contribution < 1.29 is 17.9 Å². The van der Waals surface area contributed by atoms with Crippen molar-refractivity contribution in [3.05, 3.63) is 143 Å². The summed E-state index contributed by atoms with van der Waals surface area (Å²) >= 11 is 6.43. The molecule has 0 aliphatic heterocycles. The van der Waals surface area contributed by atoms with Crippen LogP contribution in [0, 0.1) is 0 Å². The van der Waals surface area contributed by atoms with E-state index in [1.807, 2.05) is 42.5 Å². The average Bonchev–Trinajstić information content (AvgIpc) is 3.36. The molecule has 0 unspecified atom stereocenters. The van der Waals surface area contributed by atoms with Gasteiger partial charge in [0.25, 0.3) is 0 Å². The van der Waals surface area contributed by atoms with Gasteiger partial charge >= 0.3 is 0 Å². The van der Waals surface area contributed by atoms with Crippen LogP contribution in [0.15, 0.2) is 121 Å². The Hall–Kier alpha value is -4.34. The minimum absolute atomic E-state index is 0. The van der Waals surface area contributed by atoms with Gasteiger partial charge in [-0.15, -0.1) is 12.4 Å². The fraction of sp³-hybridized carbons (Fsp3) is 0.162. The van der Waals surface area contributed by atoms with Gasteiger partial charge in [-0.1, -0.05) is 90.5 Å². The Balaban J connectivity index is 0.00000433. The Morgan fingerprint density at radius 3 is 2.19 bits per heavy atom. The lowest BCUT2D eigenvalue weighted by Crippen LogP contribution is -2.30. The molecule has 0 amide bonds. The van der Waals surface area contributed by atoms with E-state index in [2.05, 4.69) is 70.5 Å². The van der Waals surface area contributed by atoms with Crippen LogP contribution in [0.1, 0.15) is 21.5 Å². The zero-order valence-corrected chi connectivity index (χ0v) is 28.2. The zero-order valence-electron chi connectivity index (χ0n) is 25.8. The monoisotopic (exact) mass is 687 g/mol. The van der Waals surface area contributed by atoms with Gasteiger partial charge in [0.15, 0.2) is 5.78 Å². The van der Waals surface area contributed by atoms with Gasteiger partial charge in [0.05, 0.1) is 35.6 Å². The Kier molecular flexibility index (Phi) is 10.9. The number of carbonyl (C=O) groups is 1. The summed E-state index contributed by atoms with van der Waals surface area (Å²) in [5.74, 6) is 0.567. The lowest BCUT2D eigenvalue weighted by Gasteiger charge is -2.24. The Labute approximate surface area is 286 Å². The lowest BCUT2D eigenvalue weighted by atomic mass is 10.1. The number of hydrogen-bond donors (Lipinski definition) is 1. The van der Waals surface area contributed by atoms with Gasteiger partial charge in [-0.25, -0.2) is 8.42 Å². The Morgan fingerprint density at radius 1 is 0.809 bits per heavy atom. The molecule has 7 nitrogen and oxygen atoms in total. The van der Waals surface area contributed by atoms with Crippen LogP contribution < -0.4 is 14.4 Å². The number of benzene rings is 5. The SMILES string of the molecule is CS(=O)(=O)N(Cc1ccccc1)c1cc(C(=O)CNCCOc2ccc3c4ccccc4n(Cc4ccccc4)c3c2)ccc1Cl.Cl. The molecule has 0 saturated heterocycles. The summed E-state index contributed by atoms with van der Waals surface area (Å²) in [6.07, 6.45) is 1.13. The number of aromatic nitrogens is 1. The van der Waals surface area contributed by atoms with E-state index >= 15 is 0 Å². The molecule has 5 aromatic carbocycles. The van der Waals surface area contributed by atoms with Crippen molar-refractivity contribution in [3.63, 3.8) is 0 Å². The number of Topliss-reactive ketones (excluding diaryl/α,β-unsaturated/α-hetero) is 1. The van der Waals surface area contributed by atoms with E-state index in [0.29, 0.717) is 18.7 Å². The molecule has 0 aliphatic rings. The summed E-state index contributed by atoms with van der Waals surface area (Å²) in [7, 11) is -3.67. The molecular formula is C37H35Cl2N3O4S. The third-order valence-electron chi connectivity index (χ3n) is 7.87. The van der Waals surface area contributed by atoms with Crippen molar-refractivity contribution in [1.29, 1.82) is 0 Å². The fourth-order valence-electron chi connectivity index (χ4n) is 5.61. The smallest absolute Gasteiger partial charge is 0.232 e. The van der Waals surface area contributed by atoms with Crippen molar-refractivity contribution >= 4 is 67.3 Å². The maximum atomic E-state index is 13.1. The maximum Gasteiger partial charge on any atom is 0.232 e. The molecule has 1 aromatic heterocycles. The van der Waals surface area contributed by atoms with Crippen LogP contribution in [0.5, 0.6) is 5.75 Å². The topological polar surface area (TPSA) is 80.6 Å². The Morgan fingerprint density at radius 2 is 1.47 bits per heavy atom. The van der Waals surface area contributed by atoms with Crippen LogP contribution in [0.4, 0.5) is 5.69 Å². The maximum absolute atomic E-state index is 13.1. The normalized spacial score (nSPS) is 11.4. The van der Waals surface area contributed by atoms with E-state index < -0.39 is 10.0 Å². The van der Waals surface area contributed by atoms with Gasteiger partial charge in [0, 0.05) is 41.0 Å². The molecule has 242 valence electrons. The highest BCUT2D eigenvalue weighted by atomic mass is 35.5. The van der Waals surface area contributed by atoms with E-state index in [1.165, 1.54) is 32.2 Å². The van der Waals surface area contributed by atoms with Gasteiger partial charge in [-0.05, 0) is 47.5 Å². The molecule has 0 bridgehead atoms. The number of ether oxygens (including phenoxy) is 1. The fourth-order valence-corrected chi connectivity index (χ4v) is 6.77. The molecular weight excluding hydrogens is 653 g/mol. The number of sulfonamides is 1. The van der Waals surface area contributed by atoms with E-state index in [9.17, 15) is 13.2 Å². The molecule has 6 aromatic rings. The van der Waals surface area contributed by atoms with Crippen molar-refractivity contribution in [2.24, 2.45) is 0 Å². The minimum Gasteiger partial charge on any atom is -0.492 e. The molecule has 10 heteroatoms. The number of nitrogens with zero attached hydrogens (tertiary/aromatic N) is 2. The molecule has 0 aliphatic carbocycles. The van der Waals surface area contributed by atoms with Gasteiger partial charge < -0.3 is 14.6 Å². The summed E-state index contributed by atoms with van der Waals surface area (Å²) in [5, 5.41) is 5.76. The number of halogens is 2. The number of rotatable bonds is 13. The molecule has 6 rings (SSSR count). The van der Waals surface area contributed by atoms with Gasteiger partial charge in [-0.3, -0.25) is 9.10 Å². The molecule has 1 N–H and O–H groups in total. The lowest BCUT2D eigenvalue weighted by molar-refractivity contribution is 0.0990. The number of carbonyl (C=O) groups excluding carboxylic acids is 1. The van der Waals surface area contributed by atoms with Crippen molar-refractivity contribution in [1.82, 2.24) is 9.88 Å². The highest BCUT2D eigenvalue weighted by Crippen LogP contribution is 2.33. The zero-order chi connectivity index (χ0) is 32.1. The Bertz CT molecular complexity index is 2100. The molecule has 0 spiro atoms. The number of ketones is 1. The van der Waals surface area contributed by atoms with E-state index in [1.54, 1.807) is 12.1 Å². The summed E-state index contributed by atoms with van der Waals surface area (Å²) in [6.45, 7) is 1.72. The minimum atomic E-state index is -3.67. The second-order valence-corrected chi connectivity index (χ2v) is 13.5. The third kappa shape index (κ3) is 7.97. The second-order valence-electron chi connectivity index (χ2n) is 11.1. The number of para-hydroxylation sites is 1. The van der Waals surface area contributed by atoms with E-state index in [4.69, 9.17) is 16.3 Å². The standard InChI is InChI=1S/C37H34ClN3O4S.ClH/c1-46(43,44)41(26-28-12-6-3-7-13-28)36-22-29(16-19-33(36)38)37(42)24-39-20-21-45-30-17-18-32-31-14-8-9-15-34(31)40(35(32)23-30)25-27-10-4-2-5-11-27;/h2-19,22-23,39H,20-21,24-26H2,1H3;1H. The third-order valence-corrected chi connectivity index (χ3v) is 9.31. The summed E-state index contributed by atoms with van der Waals surface area (Å²) in [6, 6.07) is 38.9. The number of hydrogen-bond acceptors (Lipinski definition) is 5. The second kappa shape index (κ2) is 15.0. The average molecular weight is 689 g/mol. The van der Waals surface area contributed by atoms with Gasteiger partial charge in [-0.2, -0.15) is 0 Å². The quantitative estimate of drug-likeness (QED) is 0.0993. The predicted octanol–water partition coefficient (Wildman–Crippen LogP) is 7.74. The van der Waals surface area contributed by atoms with Crippen LogP contribution in [-0.2, 0) is 23.1 Å². The van der Waals surface area contributed by atoms with E-state index in [-0.39, 0.29) is 42.0 Å². The van der Waals surface area contributed by atoms with Crippen LogP contribution in [0.25, 0.3) is 21.8 Å². The van der Waals surface area contributed by atoms with Crippen molar-refractivity contribution in [2.75, 3.05) is 30.3 Å². The van der Waals surface area contributed by atoms with Gasteiger partial charge in [0.2, 0.25) is 10.0 Å². The number of anilines is 1. The van der Waals surface area contributed by atoms with Crippen LogP contribution in [0.3, 0.4) is 0 Å². The van der Waals surface area contributed by atoms with E-state index in [0.717, 1.165) is 29.6 Å². The molecule has 0 saturated carbocycles. The summed E-state index contributed by atoms with van der Waals surface area (Å²) < 4.78 is 35.0. The summed E-state index contributed by atoms with van der Waals surface area (Å²) in [5.41, 5.74) is 4.93. The van der Waals surface area contributed by atoms with Gasteiger partial charge in [0.1, 0.15) is 12.4 Å². The molecule has 0 atom stereocenters. The van der Waals surface area contributed by atoms with Crippen LogP contribution >= 0.6 is 24.0 Å². The first-order chi connectivity index (χ1) is 22.3. The number of fused-ring (bicyclic) bond motifs is 3. The van der Waals surface area contributed by atoms with Crippen molar-refractivity contribution in [2.45, 2.75) is 13.1 Å². The van der Waals surface area contributed by atoms with Crippen molar-refractivity contribution in [3.8, 4) is 5.75 Å². The molecule has 0 radical (unpaired) electrons. The molecule has 0 fully saturated rings. The highest BCUT2D eigenvalue weighted by Gasteiger charge is 2.22. The predicted molar refractivity (Wildman–Crippen MR) is 194 cm³/mol. The largest absolute Gasteiger partial charge is 0.492 e. The first-order valence-corrected chi connectivity index (χ1v) is 17.2. The van der Waals surface area contributed by atoms with Crippen LogP contribution in [0.2, 0.25) is 5.02 Å². The molecule has 47 heavy (non-hydrogen) atoms. The molecule has 1 heterocycles.